The number of nitrogens with two attached hydrogens (primary N) is 1. The van der Waals surface area contributed by atoms with Crippen molar-refractivity contribution in [2.75, 3.05) is 12.8 Å². The number of ether oxygens (including phenoxy) is 1. The molecule has 8 heteroatoms. The number of carbonyl (C=O) groups is 1. The molecule has 0 unspecified atom stereocenters. The van der Waals surface area contributed by atoms with Crippen LogP contribution in [-0.4, -0.2) is 22.8 Å². The fraction of sp³-hybridized carbons (Fsp3) is 0.0588. The Bertz CT molecular complexity index is 934. The van der Waals surface area contributed by atoms with E-state index in [1.165, 1.54) is 35.6 Å². The largest absolute Gasteiger partial charge is 0.497 e. The molecule has 2 N–H and O–H groups in total. The van der Waals surface area contributed by atoms with Crippen LogP contribution >= 0.6 is 11.3 Å². The van der Waals surface area contributed by atoms with Crippen molar-refractivity contribution < 1.29 is 14.5 Å². The number of aromatic nitrogens is 1. The Morgan fingerprint density at radius 3 is 2.36 bits per heavy atom. The number of non-ortho nitro benzene ring substituents is 1. The van der Waals surface area contributed by atoms with Crippen molar-refractivity contribution >= 4 is 27.9 Å². The van der Waals surface area contributed by atoms with Gasteiger partial charge in [-0.25, -0.2) is 4.98 Å². The minimum absolute atomic E-state index is 0.0790. The lowest BCUT2D eigenvalue weighted by Crippen LogP contribution is -2.04. The van der Waals surface area contributed by atoms with Crippen LogP contribution in [0.2, 0.25) is 0 Å². The molecule has 0 aliphatic heterocycles. The first-order chi connectivity index (χ1) is 12.0. The van der Waals surface area contributed by atoms with Crippen LogP contribution in [-0.2, 0) is 0 Å². The van der Waals surface area contributed by atoms with Crippen molar-refractivity contribution in [2.24, 2.45) is 0 Å². The summed E-state index contributed by atoms with van der Waals surface area (Å²) in [7, 11) is 1.57. The summed E-state index contributed by atoms with van der Waals surface area (Å²) in [6, 6.07) is 12.6. The van der Waals surface area contributed by atoms with Crippen LogP contribution in [0.5, 0.6) is 5.75 Å². The van der Waals surface area contributed by atoms with Crippen LogP contribution in [0.1, 0.15) is 16.1 Å². The molecule has 2 aromatic carbocycles. The molecule has 25 heavy (non-hydrogen) atoms. The Morgan fingerprint density at radius 1 is 1.16 bits per heavy atom. The highest BCUT2D eigenvalue weighted by atomic mass is 32.1. The first-order valence-corrected chi connectivity index (χ1v) is 8.01. The van der Waals surface area contributed by atoms with E-state index in [2.05, 4.69) is 4.98 Å². The van der Waals surface area contributed by atoms with E-state index in [0.717, 1.165) is 5.56 Å². The third-order valence-corrected chi connectivity index (χ3v) is 4.48. The molecule has 0 amide bonds. The first-order valence-electron chi connectivity index (χ1n) is 7.19. The van der Waals surface area contributed by atoms with Crippen molar-refractivity contribution in [3.63, 3.8) is 0 Å². The molecular formula is C17H13N3O4S. The molecule has 0 spiro atoms. The lowest BCUT2D eigenvalue weighted by molar-refractivity contribution is -0.384. The summed E-state index contributed by atoms with van der Waals surface area (Å²) >= 11 is 1.21. The standard InChI is InChI=1S/C17H13N3O4S/c1-24-13-8-4-11(5-9-13)16-14(19-17(18)25-16)15(21)10-2-6-12(7-3-10)20(22)23/h2-9H,1H3,(H2,18,19). The highest BCUT2D eigenvalue weighted by Crippen LogP contribution is 2.34. The number of benzene rings is 2. The number of nitro benzene ring substituents is 1. The smallest absolute Gasteiger partial charge is 0.269 e. The molecular weight excluding hydrogens is 342 g/mol. The number of carbonyl (C=O) groups excluding carboxylic acids is 1. The number of hydrogen-bond donors (Lipinski definition) is 1. The van der Waals surface area contributed by atoms with E-state index in [-0.39, 0.29) is 22.3 Å². The lowest BCUT2D eigenvalue weighted by atomic mass is 10.0. The molecule has 0 bridgehead atoms. The Hall–Kier alpha value is -3.26. The maximum atomic E-state index is 12.8. The van der Waals surface area contributed by atoms with Crippen LogP contribution < -0.4 is 10.5 Å². The van der Waals surface area contributed by atoms with Gasteiger partial charge in [0.1, 0.15) is 11.4 Å². The van der Waals surface area contributed by atoms with E-state index in [4.69, 9.17) is 10.5 Å². The Kier molecular flexibility index (Phi) is 4.44. The number of hydrogen-bond acceptors (Lipinski definition) is 7. The number of nitrogens with zero attached hydrogens (tertiary/aromatic N) is 2. The number of nitrogen functional groups attached to an aromatic ring is 1. The number of rotatable bonds is 5. The van der Waals surface area contributed by atoms with Gasteiger partial charge in [-0.15, -0.1) is 0 Å². The lowest BCUT2D eigenvalue weighted by Gasteiger charge is -2.04. The predicted molar refractivity (Wildman–Crippen MR) is 95.0 cm³/mol. The average Bonchev–Trinajstić information content (AvgIpc) is 3.03. The van der Waals surface area contributed by atoms with E-state index in [1.807, 2.05) is 12.1 Å². The van der Waals surface area contributed by atoms with Gasteiger partial charge in [0.25, 0.3) is 5.69 Å². The summed E-state index contributed by atoms with van der Waals surface area (Å²) in [5, 5.41) is 11.0. The van der Waals surface area contributed by atoms with Crippen LogP contribution in [0.15, 0.2) is 48.5 Å². The summed E-state index contributed by atoms with van der Waals surface area (Å²) in [6.07, 6.45) is 0. The Balaban J connectivity index is 1.99. The minimum atomic E-state index is -0.516. The number of anilines is 1. The first kappa shape index (κ1) is 16.6. The van der Waals surface area contributed by atoms with Gasteiger partial charge in [0.05, 0.1) is 16.9 Å². The second-order valence-electron chi connectivity index (χ2n) is 5.09. The van der Waals surface area contributed by atoms with Gasteiger partial charge in [-0.2, -0.15) is 0 Å². The molecule has 7 nitrogen and oxygen atoms in total. The van der Waals surface area contributed by atoms with Crippen LogP contribution in [0, 0.1) is 10.1 Å². The van der Waals surface area contributed by atoms with E-state index >= 15 is 0 Å². The number of nitro groups is 1. The van der Waals surface area contributed by atoms with Gasteiger partial charge in [-0.1, -0.05) is 11.3 Å². The van der Waals surface area contributed by atoms with Gasteiger partial charge in [0.2, 0.25) is 5.78 Å². The maximum absolute atomic E-state index is 12.8. The summed E-state index contributed by atoms with van der Waals surface area (Å²) in [5.74, 6) is 0.359. The number of thiazole rings is 1. The third-order valence-electron chi connectivity index (χ3n) is 3.55. The number of ketones is 1. The second kappa shape index (κ2) is 6.70. The zero-order valence-electron chi connectivity index (χ0n) is 13.1. The monoisotopic (exact) mass is 355 g/mol. The molecule has 126 valence electrons. The summed E-state index contributed by atoms with van der Waals surface area (Å²) < 4.78 is 5.13. The van der Waals surface area contributed by atoms with Crippen molar-refractivity contribution in [1.29, 1.82) is 0 Å². The summed E-state index contributed by atoms with van der Waals surface area (Å²) in [6.45, 7) is 0. The molecule has 0 saturated heterocycles. The number of methoxy groups -OCH3 is 1. The van der Waals surface area contributed by atoms with Gasteiger partial charge >= 0.3 is 0 Å². The third kappa shape index (κ3) is 3.33. The summed E-state index contributed by atoms with van der Waals surface area (Å²) in [5.41, 5.74) is 7.04. The van der Waals surface area contributed by atoms with Gasteiger partial charge in [-0.05, 0) is 42.0 Å². The van der Waals surface area contributed by atoms with Crippen LogP contribution in [0.3, 0.4) is 0 Å². The van der Waals surface area contributed by atoms with Gasteiger partial charge in [0, 0.05) is 17.7 Å². The molecule has 1 heterocycles. The highest BCUT2D eigenvalue weighted by Gasteiger charge is 2.21. The Morgan fingerprint density at radius 2 is 1.80 bits per heavy atom. The second-order valence-corrected chi connectivity index (χ2v) is 6.12. The summed E-state index contributed by atoms with van der Waals surface area (Å²) in [4.78, 5) is 27.8. The topological polar surface area (TPSA) is 108 Å². The maximum Gasteiger partial charge on any atom is 0.269 e. The van der Waals surface area contributed by atoms with E-state index in [9.17, 15) is 14.9 Å². The minimum Gasteiger partial charge on any atom is -0.497 e. The van der Waals surface area contributed by atoms with Crippen LogP contribution in [0.4, 0.5) is 10.8 Å². The fourth-order valence-corrected chi connectivity index (χ4v) is 3.13. The van der Waals surface area contributed by atoms with E-state index in [1.54, 1.807) is 19.2 Å². The predicted octanol–water partition coefficient (Wildman–Crippen LogP) is 3.54. The zero-order chi connectivity index (χ0) is 18.0. The van der Waals surface area contributed by atoms with Gasteiger partial charge in [0.15, 0.2) is 5.13 Å². The normalized spacial score (nSPS) is 10.4. The molecule has 3 aromatic rings. The van der Waals surface area contributed by atoms with Crippen molar-refractivity contribution in [1.82, 2.24) is 4.98 Å². The molecule has 0 fully saturated rings. The molecule has 0 saturated carbocycles. The molecule has 0 aliphatic carbocycles. The zero-order valence-corrected chi connectivity index (χ0v) is 13.9. The van der Waals surface area contributed by atoms with Crippen molar-refractivity contribution in [3.05, 3.63) is 69.9 Å². The molecule has 0 atom stereocenters. The quantitative estimate of drug-likeness (QED) is 0.426. The Labute approximate surface area is 146 Å². The molecule has 3 rings (SSSR count). The van der Waals surface area contributed by atoms with E-state index < -0.39 is 4.92 Å². The van der Waals surface area contributed by atoms with Crippen molar-refractivity contribution in [3.8, 4) is 16.2 Å². The SMILES string of the molecule is COc1ccc(-c2sc(N)nc2C(=O)c2ccc([N+](=O)[O-])cc2)cc1. The van der Waals surface area contributed by atoms with Gasteiger partial charge < -0.3 is 10.5 Å². The van der Waals surface area contributed by atoms with Crippen molar-refractivity contribution in [2.45, 2.75) is 0 Å². The highest BCUT2D eigenvalue weighted by molar-refractivity contribution is 7.19. The van der Waals surface area contributed by atoms with Gasteiger partial charge in [-0.3, -0.25) is 14.9 Å². The average molecular weight is 355 g/mol. The van der Waals surface area contributed by atoms with Crippen LogP contribution in [0.25, 0.3) is 10.4 Å². The fourth-order valence-electron chi connectivity index (χ4n) is 2.30. The molecule has 1 aromatic heterocycles. The van der Waals surface area contributed by atoms with E-state index in [0.29, 0.717) is 16.2 Å². The molecule has 0 aliphatic rings. The molecule has 0 radical (unpaired) electrons.